The van der Waals surface area contributed by atoms with Gasteiger partial charge >= 0.3 is 0 Å². The quantitative estimate of drug-likeness (QED) is 0.0315. The van der Waals surface area contributed by atoms with E-state index in [2.05, 4.69) is 40.9 Å². The lowest BCUT2D eigenvalue weighted by Crippen LogP contribution is -2.24. The van der Waals surface area contributed by atoms with Gasteiger partial charge in [0.1, 0.15) is 30.3 Å². The SMILES string of the molecule is CN(C/C=C/C(=O)Nc1cccc(Nc2cc(Nc3ccc(OCc4ccccn4)c(Cl)c3)ncn2)c1)CCOCCOCCN=[N+]=[N-]. The van der Waals surface area contributed by atoms with Crippen LogP contribution >= 0.6 is 11.6 Å². The number of anilines is 5. The molecule has 4 aromatic rings. The normalized spacial score (nSPS) is 10.9. The van der Waals surface area contributed by atoms with E-state index in [4.69, 9.17) is 31.3 Å². The number of carbonyl (C=O) groups is 1. The Morgan fingerprint density at radius 3 is 2.46 bits per heavy atom. The van der Waals surface area contributed by atoms with Gasteiger partial charge < -0.3 is 35.1 Å². The first-order chi connectivity index (χ1) is 23.5. The molecule has 2 aromatic carbocycles. The van der Waals surface area contributed by atoms with E-state index in [1.165, 1.54) is 12.4 Å². The third-order valence-corrected chi connectivity index (χ3v) is 6.75. The van der Waals surface area contributed by atoms with Crippen molar-refractivity contribution in [3.63, 3.8) is 0 Å². The molecule has 15 heteroatoms. The van der Waals surface area contributed by atoms with E-state index in [1.807, 2.05) is 54.4 Å². The van der Waals surface area contributed by atoms with Crippen molar-refractivity contribution < 1.29 is 19.0 Å². The molecule has 0 aliphatic heterocycles. The van der Waals surface area contributed by atoms with Gasteiger partial charge in [0.25, 0.3) is 0 Å². The summed E-state index contributed by atoms with van der Waals surface area (Å²) >= 11 is 6.46. The number of hydrogen-bond donors (Lipinski definition) is 3. The van der Waals surface area contributed by atoms with Crippen molar-refractivity contribution in [1.29, 1.82) is 0 Å². The highest BCUT2D eigenvalue weighted by Gasteiger charge is 2.07. The molecule has 0 atom stereocenters. The maximum absolute atomic E-state index is 12.5. The van der Waals surface area contributed by atoms with Crippen LogP contribution in [0.25, 0.3) is 10.4 Å². The number of rotatable bonds is 20. The average Bonchev–Trinajstić information content (AvgIpc) is 3.08. The molecule has 0 saturated carbocycles. The van der Waals surface area contributed by atoms with Gasteiger partial charge in [-0.1, -0.05) is 34.9 Å². The number of aromatic nitrogens is 3. The molecule has 0 unspecified atom stereocenters. The molecule has 1 amide bonds. The van der Waals surface area contributed by atoms with Crippen LogP contribution in [0.2, 0.25) is 5.02 Å². The molecular weight excluding hydrogens is 636 g/mol. The van der Waals surface area contributed by atoms with E-state index in [9.17, 15) is 4.79 Å². The summed E-state index contributed by atoms with van der Waals surface area (Å²) in [6, 6.07) is 20.1. The zero-order valence-corrected chi connectivity index (χ0v) is 27.2. The number of amides is 1. The zero-order chi connectivity index (χ0) is 33.8. The number of azide groups is 1. The summed E-state index contributed by atoms with van der Waals surface area (Å²) in [4.78, 5) is 30.1. The first-order valence-electron chi connectivity index (χ1n) is 15.1. The van der Waals surface area contributed by atoms with Crippen LogP contribution in [0.5, 0.6) is 5.75 Å². The van der Waals surface area contributed by atoms with E-state index in [0.29, 0.717) is 80.8 Å². The summed E-state index contributed by atoms with van der Waals surface area (Å²) < 4.78 is 16.6. The number of nitrogens with zero attached hydrogens (tertiary/aromatic N) is 7. The third kappa shape index (κ3) is 13.2. The number of hydrogen-bond acceptors (Lipinski definition) is 11. The smallest absolute Gasteiger partial charge is 0.248 e. The number of carbonyl (C=O) groups excluding carboxylic acids is 1. The lowest BCUT2D eigenvalue weighted by molar-refractivity contribution is -0.111. The molecule has 250 valence electrons. The van der Waals surface area contributed by atoms with Crippen molar-refractivity contribution >= 4 is 46.2 Å². The van der Waals surface area contributed by atoms with Crippen LogP contribution < -0.4 is 20.7 Å². The van der Waals surface area contributed by atoms with Gasteiger partial charge in [-0.25, -0.2) is 9.97 Å². The number of halogens is 1. The van der Waals surface area contributed by atoms with Crippen molar-refractivity contribution in [3.8, 4) is 5.75 Å². The highest BCUT2D eigenvalue weighted by Crippen LogP contribution is 2.30. The molecular formula is C33H37ClN10O4. The van der Waals surface area contributed by atoms with Crippen LogP contribution in [0.4, 0.5) is 28.7 Å². The Morgan fingerprint density at radius 1 is 0.938 bits per heavy atom. The molecule has 0 saturated heterocycles. The minimum Gasteiger partial charge on any atom is -0.486 e. The van der Waals surface area contributed by atoms with Crippen LogP contribution in [-0.2, 0) is 20.9 Å². The van der Waals surface area contributed by atoms with Gasteiger partial charge in [0, 0.05) is 59.9 Å². The largest absolute Gasteiger partial charge is 0.486 e. The Kier molecular flexibility index (Phi) is 14.9. The Hall–Kier alpha value is -5.24. The maximum atomic E-state index is 12.5. The first kappa shape index (κ1) is 35.6. The van der Waals surface area contributed by atoms with E-state index >= 15 is 0 Å². The van der Waals surface area contributed by atoms with Crippen LogP contribution in [-0.4, -0.2) is 78.9 Å². The standard InChI is InChI=1S/C33H37ClN10O4/c1-44(15-17-47-19-18-46-16-13-39-43-35)14-5-9-33(45)42-26-8-4-7-25(20-26)40-31-22-32(38-24-37-31)41-27-10-11-30(29(34)21-27)48-23-28-6-2-3-12-36-28/h2-12,20-22,24H,13-19,23H2,1H3,(H,42,45)(H2,37,38,40,41)/b9-5+. The van der Waals surface area contributed by atoms with Crippen molar-refractivity contribution in [2.75, 3.05) is 69.1 Å². The number of benzene rings is 2. The van der Waals surface area contributed by atoms with Crippen molar-refractivity contribution in [1.82, 2.24) is 19.9 Å². The molecule has 2 aromatic heterocycles. The monoisotopic (exact) mass is 672 g/mol. The Labute approximate surface area is 283 Å². The molecule has 0 spiro atoms. The predicted octanol–water partition coefficient (Wildman–Crippen LogP) is 6.36. The number of likely N-dealkylation sites (N-methyl/N-ethyl adjacent to an activating group) is 1. The Morgan fingerprint density at radius 2 is 1.71 bits per heavy atom. The topological polar surface area (TPSA) is 172 Å². The van der Waals surface area contributed by atoms with Crippen molar-refractivity contribution in [2.45, 2.75) is 6.61 Å². The van der Waals surface area contributed by atoms with Gasteiger partial charge in [-0.2, -0.15) is 0 Å². The second-order valence-electron chi connectivity index (χ2n) is 10.2. The summed E-state index contributed by atoms with van der Waals surface area (Å²) in [5.41, 5.74) is 11.1. The molecule has 3 N–H and O–H groups in total. The van der Waals surface area contributed by atoms with Gasteiger partial charge in [-0.3, -0.25) is 9.78 Å². The number of ether oxygens (including phenoxy) is 3. The molecule has 0 fully saturated rings. The summed E-state index contributed by atoms with van der Waals surface area (Å²) in [6.45, 7) is 3.71. The van der Waals surface area contributed by atoms with E-state index in [-0.39, 0.29) is 5.91 Å². The van der Waals surface area contributed by atoms with Crippen LogP contribution in [0.1, 0.15) is 5.69 Å². The summed E-state index contributed by atoms with van der Waals surface area (Å²) in [5, 5.41) is 13.2. The first-order valence-corrected chi connectivity index (χ1v) is 15.5. The molecule has 2 heterocycles. The lowest BCUT2D eigenvalue weighted by Gasteiger charge is -2.14. The Bertz CT molecular complexity index is 1670. The van der Waals surface area contributed by atoms with Gasteiger partial charge in [-0.05, 0) is 61.1 Å². The van der Waals surface area contributed by atoms with E-state index in [1.54, 1.807) is 36.5 Å². The minimum absolute atomic E-state index is 0.241. The fourth-order valence-electron chi connectivity index (χ4n) is 4.10. The second-order valence-corrected chi connectivity index (χ2v) is 10.6. The molecule has 0 bridgehead atoms. The van der Waals surface area contributed by atoms with Gasteiger partial charge in [0.15, 0.2) is 0 Å². The predicted molar refractivity (Wildman–Crippen MR) is 186 cm³/mol. The highest BCUT2D eigenvalue weighted by molar-refractivity contribution is 6.32. The molecule has 0 aliphatic rings. The molecule has 48 heavy (non-hydrogen) atoms. The maximum Gasteiger partial charge on any atom is 0.248 e. The number of pyridine rings is 1. The van der Waals surface area contributed by atoms with Gasteiger partial charge in [-0.15, -0.1) is 0 Å². The van der Waals surface area contributed by atoms with Gasteiger partial charge in [0.05, 0.1) is 37.1 Å². The van der Waals surface area contributed by atoms with Crippen LogP contribution in [0, 0.1) is 0 Å². The third-order valence-electron chi connectivity index (χ3n) is 6.45. The highest BCUT2D eigenvalue weighted by atomic mass is 35.5. The summed E-state index contributed by atoms with van der Waals surface area (Å²) in [6.07, 6.45) is 6.46. The molecule has 4 rings (SSSR count). The van der Waals surface area contributed by atoms with Crippen LogP contribution in [0.3, 0.4) is 0 Å². The zero-order valence-electron chi connectivity index (χ0n) is 26.5. The van der Waals surface area contributed by atoms with E-state index in [0.717, 1.165) is 17.1 Å². The van der Waals surface area contributed by atoms with Crippen molar-refractivity contribution in [3.05, 3.63) is 113 Å². The fourth-order valence-corrected chi connectivity index (χ4v) is 4.34. The minimum atomic E-state index is -0.241. The van der Waals surface area contributed by atoms with Crippen molar-refractivity contribution in [2.24, 2.45) is 5.11 Å². The van der Waals surface area contributed by atoms with E-state index < -0.39 is 0 Å². The average molecular weight is 673 g/mol. The molecule has 0 radical (unpaired) electrons. The molecule has 14 nitrogen and oxygen atoms in total. The summed E-state index contributed by atoms with van der Waals surface area (Å²) in [7, 11) is 1.94. The van der Waals surface area contributed by atoms with Gasteiger partial charge in [0.2, 0.25) is 5.91 Å². The lowest BCUT2D eigenvalue weighted by atomic mass is 10.2. The van der Waals surface area contributed by atoms with Crippen LogP contribution in [0.15, 0.2) is 96.5 Å². The summed E-state index contributed by atoms with van der Waals surface area (Å²) in [5.74, 6) is 1.43. The fraction of sp³-hybridized carbons (Fsp3) is 0.273. The molecule has 0 aliphatic carbocycles. The number of nitrogens with one attached hydrogen (secondary N) is 3. The Balaban J connectivity index is 1.19. The second kappa shape index (κ2) is 20.1.